The lowest BCUT2D eigenvalue weighted by Gasteiger charge is -2.35. The van der Waals surface area contributed by atoms with Gasteiger partial charge in [0.25, 0.3) is 0 Å². The molecule has 1 heterocycles. The van der Waals surface area contributed by atoms with Gasteiger partial charge in [0, 0.05) is 25.2 Å². The summed E-state index contributed by atoms with van der Waals surface area (Å²) in [5.74, 6) is 1.37. The molecule has 1 amide bonds. The maximum Gasteiger partial charge on any atom is 0.410 e. The van der Waals surface area contributed by atoms with Crippen LogP contribution in [0.15, 0.2) is 0 Å². The Morgan fingerprint density at radius 2 is 2.06 bits per heavy atom. The Kier molecular flexibility index (Phi) is 5.47. The number of carbonyl (C=O) groups is 2. The molecule has 0 aromatic carbocycles. The van der Waals surface area contributed by atoms with E-state index in [1.165, 1.54) is 12.0 Å². The second-order valence-electron chi connectivity index (χ2n) is 5.16. The van der Waals surface area contributed by atoms with Gasteiger partial charge in [-0.05, 0) is 20.8 Å². The first-order valence-corrected chi connectivity index (χ1v) is 7.09. The normalized spacial score (nSPS) is 20.7. The molecule has 1 aliphatic rings. The van der Waals surface area contributed by atoms with Gasteiger partial charge in [-0.2, -0.15) is 11.8 Å². The molecule has 0 N–H and O–H groups in total. The number of amides is 1. The minimum atomic E-state index is -0.545. The van der Waals surface area contributed by atoms with Crippen molar-refractivity contribution in [1.29, 1.82) is 0 Å². The molecule has 1 aliphatic heterocycles. The van der Waals surface area contributed by atoms with Crippen LogP contribution in [-0.2, 0) is 14.3 Å². The summed E-state index contributed by atoms with van der Waals surface area (Å²) in [6, 6.07) is -0.432. The van der Waals surface area contributed by atoms with Crippen LogP contribution in [-0.4, -0.2) is 60.2 Å². The number of hydrogen-bond donors (Lipinski definition) is 0. The minimum Gasteiger partial charge on any atom is -0.444 e. The number of rotatable bonds is 3. The number of ketones is 1. The maximum absolute atomic E-state index is 12.0. The quantitative estimate of drug-likeness (QED) is 0.782. The average molecular weight is 275 g/mol. The van der Waals surface area contributed by atoms with Crippen LogP contribution in [0.2, 0.25) is 0 Å². The van der Waals surface area contributed by atoms with Crippen molar-refractivity contribution in [3.05, 3.63) is 0 Å². The number of hydrogen-bond acceptors (Lipinski definition) is 5. The predicted molar refractivity (Wildman–Crippen MR) is 70.9 cm³/mol. The van der Waals surface area contributed by atoms with Crippen molar-refractivity contribution < 1.29 is 19.1 Å². The summed E-state index contributed by atoms with van der Waals surface area (Å²) in [5.41, 5.74) is -0.545. The van der Waals surface area contributed by atoms with E-state index < -0.39 is 17.7 Å². The first-order valence-electron chi connectivity index (χ1n) is 5.94. The summed E-state index contributed by atoms with van der Waals surface area (Å²) in [7, 11) is 1.48. The monoisotopic (exact) mass is 275 g/mol. The molecular formula is C12H21NO4S. The van der Waals surface area contributed by atoms with Gasteiger partial charge in [-0.3, -0.25) is 9.69 Å². The Bertz CT molecular complexity index is 314. The Labute approximate surface area is 112 Å². The van der Waals surface area contributed by atoms with Gasteiger partial charge in [0.2, 0.25) is 0 Å². The molecule has 0 saturated carbocycles. The molecule has 0 aliphatic carbocycles. The van der Waals surface area contributed by atoms with Crippen LogP contribution >= 0.6 is 11.8 Å². The molecule has 0 aromatic rings. The summed E-state index contributed by atoms with van der Waals surface area (Å²) >= 11 is 1.67. The highest BCUT2D eigenvalue weighted by atomic mass is 32.2. The van der Waals surface area contributed by atoms with E-state index in [-0.39, 0.29) is 12.4 Å². The summed E-state index contributed by atoms with van der Waals surface area (Å²) < 4.78 is 10.2. The third-order valence-corrected chi connectivity index (χ3v) is 3.44. The van der Waals surface area contributed by atoms with Crippen LogP contribution in [0.5, 0.6) is 0 Å². The highest BCUT2D eigenvalue weighted by Crippen LogP contribution is 2.20. The molecule has 0 spiro atoms. The van der Waals surface area contributed by atoms with Gasteiger partial charge in [-0.25, -0.2) is 4.79 Å². The number of nitrogens with zero attached hydrogens (tertiary/aromatic N) is 1. The molecule has 1 unspecified atom stereocenters. The Balaban J connectivity index is 2.70. The zero-order chi connectivity index (χ0) is 13.8. The number of ether oxygens (including phenoxy) is 2. The van der Waals surface area contributed by atoms with E-state index in [1.54, 1.807) is 11.8 Å². The Morgan fingerprint density at radius 1 is 1.39 bits per heavy atom. The first kappa shape index (κ1) is 15.3. The molecule has 104 valence electrons. The van der Waals surface area contributed by atoms with Gasteiger partial charge in [0.1, 0.15) is 18.2 Å². The molecule has 1 saturated heterocycles. The fourth-order valence-corrected chi connectivity index (χ4v) is 2.73. The summed E-state index contributed by atoms with van der Waals surface area (Å²) in [4.78, 5) is 25.4. The molecule has 0 radical (unpaired) electrons. The Hall–Kier alpha value is -0.750. The molecule has 5 nitrogen and oxygen atoms in total. The van der Waals surface area contributed by atoms with E-state index in [1.807, 2.05) is 20.8 Å². The van der Waals surface area contributed by atoms with Crippen LogP contribution in [0.3, 0.4) is 0 Å². The van der Waals surface area contributed by atoms with Crippen LogP contribution in [0.25, 0.3) is 0 Å². The molecular weight excluding hydrogens is 254 g/mol. The summed E-state index contributed by atoms with van der Waals surface area (Å²) in [6.45, 7) is 6.02. The molecule has 1 atom stereocenters. The van der Waals surface area contributed by atoms with E-state index in [9.17, 15) is 9.59 Å². The molecule has 1 fully saturated rings. The third-order valence-electron chi connectivity index (χ3n) is 2.41. The van der Waals surface area contributed by atoms with Crippen molar-refractivity contribution in [2.24, 2.45) is 0 Å². The second-order valence-corrected chi connectivity index (χ2v) is 6.31. The van der Waals surface area contributed by atoms with Gasteiger partial charge in [-0.1, -0.05) is 0 Å². The first-order chi connectivity index (χ1) is 8.35. The van der Waals surface area contributed by atoms with Gasteiger partial charge < -0.3 is 9.47 Å². The van der Waals surface area contributed by atoms with Crippen LogP contribution < -0.4 is 0 Å². The van der Waals surface area contributed by atoms with Crippen molar-refractivity contribution in [2.75, 3.05) is 31.8 Å². The van der Waals surface area contributed by atoms with Crippen molar-refractivity contribution in [3.8, 4) is 0 Å². The standard InChI is InChI=1S/C12H21NO4S/c1-12(2,3)17-11(15)13-5-6-18-8-9(13)10(14)7-16-4/h9H,5-8H2,1-4H3. The minimum absolute atomic E-state index is 0.0323. The lowest BCUT2D eigenvalue weighted by molar-refractivity contribution is -0.127. The molecule has 1 rings (SSSR count). The van der Waals surface area contributed by atoms with Crippen LogP contribution in [0.1, 0.15) is 20.8 Å². The van der Waals surface area contributed by atoms with Crippen molar-refractivity contribution in [3.63, 3.8) is 0 Å². The molecule has 6 heteroatoms. The fraction of sp³-hybridized carbons (Fsp3) is 0.833. The zero-order valence-electron chi connectivity index (χ0n) is 11.4. The van der Waals surface area contributed by atoms with Crippen molar-refractivity contribution in [1.82, 2.24) is 4.90 Å². The number of Topliss-reactive ketones (excluding diaryl/α,β-unsaturated/α-hetero) is 1. The SMILES string of the molecule is COCC(=O)C1CSCCN1C(=O)OC(C)(C)C. The molecule has 0 bridgehead atoms. The van der Waals surface area contributed by atoms with Crippen molar-refractivity contribution in [2.45, 2.75) is 32.4 Å². The maximum atomic E-state index is 12.0. The smallest absolute Gasteiger partial charge is 0.410 e. The van der Waals surface area contributed by atoms with E-state index in [0.717, 1.165) is 5.75 Å². The van der Waals surface area contributed by atoms with Gasteiger partial charge in [0.05, 0.1) is 0 Å². The van der Waals surface area contributed by atoms with Crippen molar-refractivity contribution >= 4 is 23.6 Å². The van der Waals surface area contributed by atoms with Crippen LogP contribution in [0, 0.1) is 0 Å². The average Bonchev–Trinajstić information content (AvgIpc) is 2.27. The highest BCUT2D eigenvalue weighted by molar-refractivity contribution is 7.99. The summed E-state index contributed by atoms with van der Waals surface area (Å²) in [5, 5.41) is 0. The topological polar surface area (TPSA) is 55.8 Å². The second kappa shape index (κ2) is 6.43. The lowest BCUT2D eigenvalue weighted by Crippen LogP contribution is -2.52. The van der Waals surface area contributed by atoms with Gasteiger partial charge >= 0.3 is 6.09 Å². The predicted octanol–water partition coefficient (Wildman–Crippen LogP) is 1.55. The Morgan fingerprint density at radius 3 is 2.61 bits per heavy atom. The summed E-state index contributed by atoms with van der Waals surface area (Å²) in [6.07, 6.45) is -0.419. The van der Waals surface area contributed by atoms with E-state index in [2.05, 4.69) is 0 Å². The fourth-order valence-electron chi connectivity index (χ4n) is 1.65. The number of methoxy groups -OCH3 is 1. The van der Waals surface area contributed by atoms with E-state index in [0.29, 0.717) is 12.3 Å². The highest BCUT2D eigenvalue weighted by Gasteiger charge is 2.34. The van der Waals surface area contributed by atoms with E-state index >= 15 is 0 Å². The zero-order valence-corrected chi connectivity index (χ0v) is 12.2. The van der Waals surface area contributed by atoms with Gasteiger partial charge in [-0.15, -0.1) is 0 Å². The molecule has 0 aromatic heterocycles. The largest absolute Gasteiger partial charge is 0.444 e. The third kappa shape index (κ3) is 4.49. The van der Waals surface area contributed by atoms with E-state index in [4.69, 9.17) is 9.47 Å². The molecule has 18 heavy (non-hydrogen) atoms. The van der Waals surface area contributed by atoms with Gasteiger partial charge in [0.15, 0.2) is 5.78 Å². The lowest BCUT2D eigenvalue weighted by atomic mass is 10.2. The number of carbonyl (C=O) groups excluding carboxylic acids is 2. The number of thioether (sulfide) groups is 1. The van der Waals surface area contributed by atoms with Crippen LogP contribution in [0.4, 0.5) is 4.79 Å².